The van der Waals surface area contributed by atoms with Gasteiger partial charge in [0, 0.05) is 18.5 Å². The molecule has 0 spiro atoms. The zero-order valence-electron chi connectivity index (χ0n) is 12.1. The molecule has 2 saturated carbocycles. The minimum atomic E-state index is -0.0719. The van der Waals surface area contributed by atoms with Crippen LogP contribution in [-0.4, -0.2) is 30.8 Å². The van der Waals surface area contributed by atoms with Crippen molar-refractivity contribution >= 4 is 6.03 Å². The maximum absolute atomic E-state index is 11.7. The van der Waals surface area contributed by atoms with Crippen LogP contribution in [0.2, 0.25) is 0 Å². The fraction of sp³-hybridized carbons (Fsp3) is 0.933. The predicted molar refractivity (Wildman–Crippen MR) is 75.9 cm³/mol. The minimum absolute atomic E-state index is 0.00345. The van der Waals surface area contributed by atoms with Crippen LogP contribution in [0.4, 0.5) is 4.79 Å². The van der Waals surface area contributed by atoms with Crippen molar-refractivity contribution in [2.24, 2.45) is 17.3 Å². The number of carbonyl (C=O) groups excluding carboxylic acids is 1. The molecule has 110 valence electrons. The van der Waals surface area contributed by atoms with Gasteiger partial charge < -0.3 is 15.7 Å². The summed E-state index contributed by atoms with van der Waals surface area (Å²) in [4.78, 5) is 11.7. The Labute approximate surface area is 116 Å². The molecule has 2 amide bonds. The second-order valence-corrected chi connectivity index (χ2v) is 6.52. The zero-order chi connectivity index (χ0) is 13.7. The van der Waals surface area contributed by atoms with Crippen LogP contribution < -0.4 is 10.6 Å². The molecule has 0 heterocycles. The van der Waals surface area contributed by atoms with E-state index in [1.165, 1.54) is 32.1 Å². The Hall–Kier alpha value is -0.770. The molecule has 0 unspecified atom stereocenters. The molecule has 0 aromatic rings. The summed E-state index contributed by atoms with van der Waals surface area (Å²) in [5.41, 5.74) is -0.00345. The molecule has 2 rings (SSSR count). The summed E-state index contributed by atoms with van der Waals surface area (Å²) in [6, 6.07) is -0.0719. The fourth-order valence-electron chi connectivity index (χ4n) is 2.98. The van der Waals surface area contributed by atoms with Crippen molar-refractivity contribution in [1.29, 1.82) is 0 Å². The number of carbonyl (C=O) groups is 1. The van der Waals surface area contributed by atoms with E-state index in [1.54, 1.807) is 0 Å². The van der Waals surface area contributed by atoms with Crippen molar-refractivity contribution in [2.45, 2.75) is 51.9 Å². The Kier molecular flexibility index (Phi) is 5.08. The van der Waals surface area contributed by atoms with Crippen LogP contribution in [0, 0.1) is 17.3 Å². The van der Waals surface area contributed by atoms with Gasteiger partial charge >= 0.3 is 6.03 Å². The molecular formula is C15H28N2O2. The van der Waals surface area contributed by atoms with Gasteiger partial charge in [-0.05, 0) is 37.5 Å². The van der Waals surface area contributed by atoms with E-state index in [1.807, 2.05) is 0 Å². The summed E-state index contributed by atoms with van der Waals surface area (Å²) in [5.74, 6) is 1.56. The Morgan fingerprint density at radius 1 is 1.16 bits per heavy atom. The van der Waals surface area contributed by atoms with Crippen LogP contribution in [0.5, 0.6) is 0 Å². The molecule has 2 aliphatic rings. The molecule has 3 N–H and O–H groups in total. The monoisotopic (exact) mass is 268 g/mol. The largest absolute Gasteiger partial charge is 0.396 e. The minimum Gasteiger partial charge on any atom is -0.396 e. The highest BCUT2D eigenvalue weighted by molar-refractivity contribution is 5.73. The summed E-state index contributed by atoms with van der Waals surface area (Å²) in [6.07, 6.45) is 8.49. The number of amides is 2. The van der Waals surface area contributed by atoms with Crippen LogP contribution in [0.15, 0.2) is 0 Å². The predicted octanol–water partition coefficient (Wildman–Crippen LogP) is 2.27. The standard InChI is InChI=1S/C15H28N2O2/c1-2-12-3-5-13(6-4-12)9-16-14(19)17-10-15(11-18)7-8-15/h12-13,18H,2-11H2,1H3,(H2,16,17,19). The quantitative estimate of drug-likeness (QED) is 0.692. The van der Waals surface area contributed by atoms with Gasteiger partial charge in [-0.2, -0.15) is 0 Å². The zero-order valence-corrected chi connectivity index (χ0v) is 12.1. The lowest BCUT2D eigenvalue weighted by atomic mass is 9.81. The van der Waals surface area contributed by atoms with Crippen molar-refractivity contribution < 1.29 is 9.90 Å². The van der Waals surface area contributed by atoms with E-state index in [9.17, 15) is 9.90 Å². The number of hydrogen-bond acceptors (Lipinski definition) is 2. The highest BCUT2D eigenvalue weighted by atomic mass is 16.3. The van der Waals surface area contributed by atoms with E-state index in [0.717, 1.165) is 25.3 Å². The van der Waals surface area contributed by atoms with E-state index >= 15 is 0 Å². The number of aliphatic hydroxyl groups excluding tert-OH is 1. The third-order valence-electron chi connectivity index (χ3n) is 5.01. The van der Waals surface area contributed by atoms with Crippen molar-refractivity contribution in [1.82, 2.24) is 10.6 Å². The van der Waals surface area contributed by atoms with Gasteiger partial charge in [0.25, 0.3) is 0 Å². The number of hydrogen-bond donors (Lipinski definition) is 3. The van der Waals surface area contributed by atoms with E-state index in [4.69, 9.17) is 0 Å². The van der Waals surface area contributed by atoms with Gasteiger partial charge in [-0.1, -0.05) is 26.2 Å². The lowest BCUT2D eigenvalue weighted by Crippen LogP contribution is -2.41. The van der Waals surface area contributed by atoms with Gasteiger partial charge in [-0.25, -0.2) is 4.79 Å². The maximum atomic E-state index is 11.7. The Morgan fingerprint density at radius 2 is 1.79 bits per heavy atom. The number of nitrogens with one attached hydrogen (secondary N) is 2. The molecular weight excluding hydrogens is 240 g/mol. The Bertz CT molecular complexity index is 295. The van der Waals surface area contributed by atoms with E-state index in [-0.39, 0.29) is 18.1 Å². The van der Waals surface area contributed by atoms with Gasteiger partial charge in [0.15, 0.2) is 0 Å². The average molecular weight is 268 g/mol. The Morgan fingerprint density at radius 3 is 2.32 bits per heavy atom. The van der Waals surface area contributed by atoms with Crippen molar-refractivity contribution in [2.75, 3.05) is 19.7 Å². The molecule has 0 aromatic heterocycles. The topological polar surface area (TPSA) is 61.4 Å². The van der Waals surface area contributed by atoms with E-state index < -0.39 is 0 Å². The van der Waals surface area contributed by atoms with Crippen molar-refractivity contribution in [3.05, 3.63) is 0 Å². The first kappa shape index (κ1) is 14.6. The number of rotatable bonds is 6. The maximum Gasteiger partial charge on any atom is 0.314 e. The summed E-state index contributed by atoms with van der Waals surface area (Å²) in [5, 5.41) is 15.0. The van der Waals surface area contributed by atoms with Crippen LogP contribution in [0.25, 0.3) is 0 Å². The molecule has 2 aliphatic carbocycles. The molecule has 0 bridgehead atoms. The summed E-state index contributed by atoms with van der Waals surface area (Å²) < 4.78 is 0. The first-order valence-electron chi connectivity index (χ1n) is 7.80. The highest BCUT2D eigenvalue weighted by Crippen LogP contribution is 2.44. The second-order valence-electron chi connectivity index (χ2n) is 6.52. The van der Waals surface area contributed by atoms with Crippen LogP contribution in [0.1, 0.15) is 51.9 Å². The molecule has 0 radical (unpaired) electrons. The normalized spacial score (nSPS) is 28.7. The third kappa shape index (κ3) is 4.37. The first-order chi connectivity index (χ1) is 9.17. The van der Waals surface area contributed by atoms with Crippen LogP contribution in [-0.2, 0) is 0 Å². The van der Waals surface area contributed by atoms with Crippen molar-refractivity contribution in [3.8, 4) is 0 Å². The molecule has 0 aromatic carbocycles. The Balaban J connectivity index is 1.56. The number of aliphatic hydroxyl groups is 1. The van der Waals surface area contributed by atoms with Gasteiger partial charge in [0.05, 0.1) is 6.61 Å². The molecule has 0 saturated heterocycles. The van der Waals surface area contributed by atoms with Gasteiger partial charge in [0.2, 0.25) is 0 Å². The van der Waals surface area contributed by atoms with Crippen molar-refractivity contribution in [3.63, 3.8) is 0 Å². The lowest BCUT2D eigenvalue weighted by Gasteiger charge is -2.27. The lowest BCUT2D eigenvalue weighted by molar-refractivity contribution is 0.201. The average Bonchev–Trinajstić information content (AvgIpc) is 3.24. The van der Waals surface area contributed by atoms with Gasteiger partial charge in [0.1, 0.15) is 0 Å². The molecule has 0 aliphatic heterocycles. The molecule has 4 nitrogen and oxygen atoms in total. The van der Waals surface area contributed by atoms with E-state index in [0.29, 0.717) is 12.5 Å². The third-order valence-corrected chi connectivity index (χ3v) is 5.01. The first-order valence-corrected chi connectivity index (χ1v) is 7.80. The summed E-state index contributed by atoms with van der Waals surface area (Å²) >= 11 is 0. The molecule has 19 heavy (non-hydrogen) atoms. The number of urea groups is 1. The van der Waals surface area contributed by atoms with Gasteiger partial charge in [-0.3, -0.25) is 0 Å². The molecule has 0 atom stereocenters. The molecule has 2 fully saturated rings. The highest BCUT2D eigenvalue weighted by Gasteiger charge is 2.42. The second kappa shape index (κ2) is 6.60. The smallest absolute Gasteiger partial charge is 0.314 e. The van der Waals surface area contributed by atoms with Crippen LogP contribution >= 0.6 is 0 Å². The summed E-state index contributed by atoms with van der Waals surface area (Å²) in [6.45, 7) is 3.87. The fourth-order valence-corrected chi connectivity index (χ4v) is 2.98. The van der Waals surface area contributed by atoms with Gasteiger partial charge in [-0.15, -0.1) is 0 Å². The van der Waals surface area contributed by atoms with Crippen LogP contribution in [0.3, 0.4) is 0 Å². The summed E-state index contributed by atoms with van der Waals surface area (Å²) in [7, 11) is 0. The molecule has 4 heteroatoms. The van der Waals surface area contributed by atoms with E-state index in [2.05, 4.69) is 17.6 Å². The SMILES string of the molecule is CCC1CCC(CNC(=O)NCC2(CO)CC2)CC1.